The van der Waals surface area contributed by atoms with E-state index in [9.17, 15) is 0 Å². The number of hydrogen-bond acceptors (Lipinski definition) is 2. The Balaban J connectivity index is 2.22. The maximum absolute atomic E-state index is 5.43. The quantitative estimate of drug-likeness (QED) is 0.883. The highest BCUT2D eigenvalue weighted by molar-refractivity contribution is 9.10. The first kappa shape index (κ1) is 13.9. The van der Waals surface area contributed by atoms with Crippen LogP contribution in [-0.4, -0.2) is 7.11 Å². The average Bonchev–Trinajstić information content (AvgIpc) is 2.38. The number of aryl methyl sites for hydroxylation is 2. The number of ether oxygens (including phenoxy) is 1. The zero-order valence-electron chi connectivity index (χ0n) is 11.5. The van der Waals surface area contributed by atoms with E-state index in [2.05, 4.69) is 65.4 Å². The van der Waals surface area contributed by atoms with Gasteiger partial charge in [0.1, 0.15) is 5.75 Å². The van der Waals surface area contributed by atoms with Crippen molar-refractivity contribution in [1.29, 1.82) is 0 Å². The molecule has 0 fully saturated rings. The maximum atomic E-state index is 5.43. The molecule has 19 heavy (non-hydrogen) atoms. The van der Waals surface area contributed by atoms with Crippen molar-refractivity contribution in [2.75, 3.05) is 12.4 Å². The van der Waals surface area contributed by atoms with Crippen LogP contribution < -0.4 is 10.1 Å². The first-order valence-electron chi connectivity index (χ1n) is 6.24. The molecule has 1 N–H and O–H groups in total. The topological polar surface area (TPSA) is 21.3 Å². The van der Waals surface area contributed by atoms with Gasteiger partial charge < -0.3 is 10.1 Å². The van der Waals surface area contributed by atoms with Crippen LogP contribution in [0.3, 0.4) is 0 Å². The molecule has 2 aromatic rings. The number of hydrogen-bond donors (Lipinski definition) is 1. The van der Waals surface area contributed by atoms with Crippen LogP contribution in [0.4, 0.5) is 5.69 Å². The lowest BCUT2D eigenvalue weighted by molar-refractivity contribution is 0.416. The monoisotopic (exact) mass is 319 g/mol. The van der Waals surface area contributed by atoms with Crippen LogP contribution in [-0.2, 0) is 6.54 Å². The van der Waals surface area contributed by atoms with Gasteiger partial charge in [0.25, 0.3) is 0 Å². The molecule has 0 unspecified atom stereocenters. The van der Waals surface area contributed by atoms with Gasteiger partial charge >= 0.3 is 0 Å². The van der Waals surface area contributed by atoms with Gasteiger partial charge in [-0.1, -0.05) is 40.2 Å². The summed E-state index contributed by atoms with van der Waals surface area (Å²) >= 11 is 3.49. The highest BCUT2D eigenvalue weighted by Gasteiger charge is 2.08. The largest absolute Gasteiger partial charge is 0.495 e. The van der Waals surface area contributed by atoms with Gasteiger partial charge in [-0.3, -0.25) is 0 Å². The SMILES string of the molecule is COc1cc(Br)cc(C)c1NCc1ccccc1C. The van der Waals surface area contributed by atoms with Crippen LogP contribution in [0.2, 0.25) is 0 Å². The third-order valence-electron chi connectivity index (χ3n) is 3.20. The second kappa shape index (κ2) is 6.11. The smallest absolute Gasteiger partial charge is 0.143 e. The lowest BCUT2D eigenvalue weighted by Crippen LogP contribution is -2.04. The molecule has 0 spiro atoms. The van der Waals surface area contributed by atoms with E-state index in [1.165, 1.54) is 16.7 Å². The van der Waals surface area contributed by atoms with E-state index in [4.69, 9.17) is 4.74 Å². The Hall–Kier alpha value is -1.48. The highest BCUT2D eigenvalue weighted by Crippen LogP contribution is 2.32. The Morgan fingerprint density at radius 3 is 2.53 bits per heavy atom. The average molecular weight is 320 g/mol. The molecule has 0 saturated heterocycles. The van der Waals surface area contributed by atoms with Crippen LogP contribution in [0.1, 0.15) is 16.7 Å². The van der Waals surface area contributed by atoms with Gasteiger partial charge in [-0.2, -0.15) is 0 Å². The predicted molar refractivity (Wildman–Crippen MR) is 83.9 cm³/mol. The van der Waals surface area contributed by atoms with Crippen LogP contribution in [0.5, 0.6) is 5.75 Å². The summed E-state index contributed by atoms with van der Waals surface area (Å²) in [6.45, 7) is 5.00. The predicted octanol–water partition coefficient (Wildman–Crippen LogP) is 4.69. The molecule has 3 heteroatoms. The van der Waals surface area contributed by atoms with E-state index in [-0.39, 0.29) is 0 Å². The fourth-order valence-electron chi connectivity index (χ4n) is 2.09. The zero-order chi connectivity index (χ0) is 13.8. The van der Waals surface area contributed by atoms with E-state index in [0.717, 1.165) is 22.5 Å². The Bertz CT molecular complexity index is 581. The molecule has 2 rings (SSSR count). The summed E-state index contributed by atoms with van der Waals surface area (Å²) in [6.07, 6.45) is 0. The molecule has 0 aliphatic heterocycles. The lowest BCUT2D eigenvalue weighted by atomic mass is 10.1. The minimum Gasteiger partial charge on any atom is -0.495 e. The number of methoxy groups -OCH3 is 1. The summed E-state index contributed by atoms with van der Waals surface area (Å²) in [5, 5.41) is 3.47. The number of nitrogens with one attached hydrogen (secondary N) is 1. The van der Waals surface area contributed by atoms with Gasteiger partial charge in [0.15, 0.2) is 0 Å². The summed E-state index contributed by atoms with van der Waals surface area (Å²) < 4.78 is 6.46. The van der Waals surface area contributed by atoms with Crippen LogP contribution in [0, 0.1) is 13.8 Å². The molecule has 0 amide bonds. The summed E-state index contributed by atoms with van der Waals surface area (Å²) in [4.78, 5) is 0. The number of rotatable bonds is 4. The number of benzene rings is 2. The maximum Gasteiger partial charge on any atom is 0.143 e. The van der Waals surface area contributed by atoms with Crippen LogP contribution in [0.15, 0.2) is 40.9 Å². The van der Waals surface area contributed by atoms with E-state index >= 15 is 0 Å². The summed E-state index contributed by atoms with van der Waals surface area (Å²) in [7, 11) is 1.69. The van der Waals surface area contributed by atoms with Crippen molar-refractivity contribution in [2.24, 2.45) is 0 Å². The Kier molecular flexibility index (Phi) is 4.48. The molecule has 0 atom stereocenters. The minimum atomic E-state index is 0.797. The molecule has 0 aliphatic rings. The highest BCUT2D eigenvalue weighted by atomic mass is 79.9. The first-order valence-corrected chi connectivity index (χ1v) is 7.03. The second-order valence-corrected chi connectivity index (χ2v) is 5.50. The standard InChI is InChI=1S/C16H18BrNO/c1-11-6-4-5-7-13(11)10-18-16-12(2)8-14(17)9-15(16)19-3/h4-9,18H,10H2,1-3H3. The molecule has 0 aromatic heterocycles. The number of anilines is 1. The third-order valence-corrected chi connectivity index (χ3v) is 3.66. The first-order chi connectivity index (χ1) is 9.11. The molecule has 0 aliphatic carbocycles. The molecule has 2 aromatic carbocycles. The minimum absolute atomic E-state index is 0.797. The van der Waals surface area contributed by atoms with Crippen LogP contribution in [0.25, 0.3) is 0 Å². The fraction of sp³-hybridized carbons (Fsp3) is 0.250. The summed E-state index contributed by atoms with van der Waals surface area (Å²) in [5.74, 6) is 0.862. The van der Waals surface area contributed by atoms with Crippen molar-refractivity contribution in [3.8, 4) is 5.75 Å². The van der Waals surface area contributed by atoms with E-state index < -0.39 is 0 Å². The molecular weight excluding hydrogens is 302 g/mol. The second-order valence-electron chi connectivity index (χ2n) is 4.58. The van der Waals surface area contributed by atoms with Crippen molar-refractivity contribution in [3.05, 3.63) is 57.6 Å². The fourth-order valence-corrected chi connectivity index (χ4v) is 2.64. The van der Waals surface area contributed by atoms with Gasteiger partial charge in [0, 0.05) is 11.0 Å². The summed E-state index contributed by atoms with van der Waals surface area (Å²) in [6, 6.07) is 12.5. The molecule has 0 radical (unpaired) electrons. The molecule has 100 valence electrons. The summed E-state index contributed by atoms with van der Waals surface area (Å²) in [5.41, 5.74) is 4.81. The van der Waals surface area contributed by atoms with Crippen molar-refractivity contribution < 1.29 is 4.74 Å². The van der Waals surface area contributed by atoms with Gasteiger partial charge in [0.05, 0.1) is 12.8 Å². The van der Waals surface area contributed by atoms with E-state index in [1.807, 2.05) is 6.07 Å². The van der Waals surface area contributed by atoms with Gasteiger partial charge in [0.2, 0.25) is 0 Å². The number of halogens is 1. The lowest BCUT2D eigenvalue weighted by Gasteiger charge is -2.15. The third kappa shape index (κ3) is 3.29. The van der Waals surface area contributed by atoms with Gasteiger partial charge in [-0.05, 0) is 42.7 Å². The zero-order valence-corrected chi connectivity index (χ0v) is 13.0. The van der Waals surface area contributed by atoms with E-state index in [1.54, 1.807) is 7.11 Å². The Labute approximate surface area is 122 Å². The van der Waals surface area contributed by atoms with Crippen molar-refractivity contribution in [1.82, 2.24) is 0 Å². The van der Waals surface area contributed by atoms with Crippen LogP contribution >= 0.6 is 15.9 Å². The van der Waals surface area contributed by atoms with Crippen molar-refractivity contribution >= 4 is 21.6 Å². The molecule has 2 nitrogen and oxygen atoms in total. The van der Waals surface area contributed by atoms with E-state index in [0.29, 0.717) is 0 Å². The molecule has 0 heterocycles. The normalized spacial score (nSPS) is 10.3. The Morgan fingerprint density at radius 1 is 1.11 bits per heavy atom. The molecular formula is C16H18BrNO. The van der Waals surface area contributed by atoms with Gasteiger partial charge in [-0.15, -0.1) is 0 Å². The Morgan fingerprint density at radius 2 is 1.84 bits per heavy atom. The van der Waals surface area contributed by atoms with Crippen molar-refractivity contribution in [2.45, 2.75) is 20.4 Å². The molecule has 0 bridgehead atoms. The van der Waals surface area contributed by atoms with Gasteiger partial charge in [-0.25, -0.2) is 0 Å². The molecule has 0 saturated carbocycles. The van der Waals surface area contributed by atoms with Crippen molar-refractivity contribution in [3.63, 3.8) is 0 Å².